The van der Waals surface area contributed by atoms with Crippen LogP contribution >= 0.6 is 0 Å². The van der Waals surface area contributed by atoms with Crippen LogP contribution < -0.4 is 24.8 Å². The summed E-state index contributed by atoms with van der Waals surface area (Å²) in [6.45, 7) is 2.51. The highest BCUT2D eigenvalue weighted by Crippen LogP contribution is 2.36. The molecule has 8 nitrogen and oxygen atoms in total. The lowest BCUT2D eigenvalue weighted by molar-refractivity contribution is 0.102. The number of nitrogens with zero attached hydrogens (tertiary/aromatic N) is 2. The first kappa shape index (κ1) is 24.0. The van der Waals surface area contributed by atoms with Crippen LogP contribution in [0, 0.1) is 0 Å². The molecule has 8 heteroatoms. The number of rotatable bonds is 8. The minimum absolute atomic E-state index is 0.230. The lowest BCUT2D eigenvalue weighted by Crippen LogP contribution is -2.22. The maximum absolute atomic E-state index is 13.3. The minimum Gasteiger partial charge on any atom is -0.497 e. The van der Waals surface area contributed by atoms with Gasteiger partial charge in [0, 0.05) is 11.4 Å². The van der Waals surface area contributed by atoms with Gasteiger partial charge in [0.15, 0.2) is 0 Å². The molecule has 0 radical (unpaired) electrons. The van der Waals surface area contributed by atoms with Crippen LogP contribution in [0.1, 0.15) is 34.5 Å². The largest absolute Gasteiger partial charge is 0.497 e. The van der Waals surface area contributed by atoms with Gasteiger partial charge in [-0.15, -0.1) is 0 Å². The summed E-state index contributed by atoms with van der Waals surface area (Å²) in [5.74, 6) is 2.64. The molecule has 1 aliphatic rings. The molecule has 0 fully saturated rings. The van der Waals surface area contributed by atoms with E-state index in [1.807, 2.05) is 84.4 Å². The molecule has 0 unspecified atom stereocenters. The third-order valence-electron chi connectivity index (χ3n) is 6.16. The molecule has 1 atom stereocenters. The van der Waals surface area contributed by atoms with Gasteiger partial charge in [-0.05, 0) is 84.8 Å². The predicted octanol–water partition coefficient (Wildman–Crippen LogP) is 5.61. The van der Waals surface area contributed by atoms with Crippen molar-refractivity contribution in [3.8, 4) is 17.2 Å². The Morgan fingerprint density at radius 1 is 0.919 bits per heavy atom. The van der Waals surface area contributed by atoms with Crippen LogP contribution in [0.15, 0.2) is 85.1 Å². The molecule has 4 aromatic rings. The normalized spacial score (nSPS) is 14.1. The lowest BCUT2D eigenvalue weighted by atomic mass is 10.0. The molecule has 0 saturated heterocycles. The van der Waals surface area contributed by atoms with Crippen molar-refractivity contribution < 1.29 is 19.0 Å². The van der Waals surface area contributed by atoms with Crippen LogP contribution in [0.2, 0.25) is 0 Å². The summed E-state index contributed by atoms with van der Waals surface area (Å²) in [6.07, 6.45) is 3.69. The number of hydrogen-bond acceptors (Lipinski definition) is 6. The van der Waals surface area contributed by atoms with Gasteiger partial charge < -0.3 is 24.8 Å². The SMILES string of the molecule is CCOc1ccc(NC(=O)c2cnn3c2NC(c2ccc(OC)cc2)=C[C@H]3c2ccc(OC)cc2)cc1. The Morgan fingerprint density at radius 3 is 2.16 bits per heavy atom. The summed E-state index contributed by atoms with van der Waals surface area (Å²) in [7, 11) is 3.28. The lowest BCUT2D eigenvalue weighted by Gasteiger charge is -2.26. The van der Waals surface area contributed by atoms with Gasteiger partial charge in [0.1, 0.15) is 28.6 Å². The number of anilines is 2. The third-order valence-corrected chi connectivity index (χ3v) is 6.16. The molecule has 0 aliphatic carbocycles. The van der Waals surface area contributed by atoms with Crippen molar-refractivity contribution in [1.82, 2.24) is 9.78 Å². The van der Waals surface area contributed by atoms with Crippen molar-refractivity contribution >= 4 is 23.1 Å². The second kappa shape index (κ2) is 10.5. The number of nitrogens with one attached hydrogen (secondary N) is 2. The summed E-state index contributed by atoms with van der Waals surface area (Å²) in [6, 6.07) is 22.7. The number of amides is 1. The van der Waals surface area contributed by atoms with Crippen molar-refractivity contribution in [2.24, 2.45) is 0 Å². The maximum atomic E-state index is 13.3. The zero-order valence-corrected chi connectivity index (χ0v) is 20.9. The fourth-order valence-corrected chi connectivity index (χ4v) is 4.24. The number of allylic oxidation sites excluding steroid dienone is 1. The minimum atomic E-state index is -0.262. The number of hydrogen-bond donors (Lipinski definition) is 2. The van der Waals surface area contributed by atoms with Gasteiger partial charge in [-0.3, -0.25) is 4.79 Å². The molecule has 2 heterocycles. The summed E-state index contributed by atoms with van der Waals surface area (Å²) in [4.78, 5) is 13.3. The van der Waals surface area contributed by atoms with Crippen LogP contribution in [-0.4, -0.2) is 36.5 Å². The van der Waals surface area contributed by atoms with Crippen molar-refractivity contribution in [3.05, 3.63) is 102 Å². The Bertz CT molecular complexity index is 1410. The quantitative estimate of drug-likeness (QED) is 0.330. The molecule has 0 saturated carbocycles. The number of aromatic nitrogens is 2. The second-order valence-electron chi connectivity index (χ2n) is 8.41. The molecule has 1 amide bonds. The predicted molar refractivity (Wildman–Crippen MR) is 144 cm³/mol. The van der Waals surface area contributed by atoms with E-state index in [0.29, 0.717) is 23.7 Å². The van der Waals surface area contributed by atoms with E-state index >= 15 is 0 Å². The molecule has 3 aromatic carbocycles. The molecule has 0 bridgehead atoms. The molecular weight excluding hydrogens is 468 g/mol. The van der Waals surface area contributed by atoms with Crippen molar-refractivity contribution in [2.45, 2.75) is 13.0 Å². The van der Waals surface area contributed by atoms with Crippen LogP contribution in [0.25, 0.3) is 5.70 Å². The van der Waals surface area contributed by atoms with E-state index in [4.69, 9.17) is 14.2 Å². The van der Waals surface area contributed by atoms with Gasteiger partial charge >= 0.3 is 0 Å². The van der Waals surface area contributed by atoms with E-state index < -0.39 is 0 Å². The van der Waals surface area contributed by atoms with E-state index in [0.717, 1.165) is 34.1 Å². The van der Waals surface area contributed by atoms with Gasteiger partial charge in [-0.25, -0.2) is 4.68 Å². The third kappa shape index (κ3) is 4.99. The van der Waals surface area contributed by atoms with E-state index in [1.165, 1.54) is 0 Å². The Morgan fingerprint density at radius 2 is 1.54 bits per heavy atom. The van der Waals surface area contributed by atoms with Crippen LogP contribution in [0.3, 0.4) is 0 Å². The van der Waals surface area contributed by atoms with Gasteiger partial charge in [0.2, 0.25) is 0 Å². The highest BCUT2D eigenvalue weighted by Gasteiger charge is 2.28. The Labute approximate surface area is 215 Å². The number of benzene rings is 3. The molecule has 2 N–H and O–H groups in total. The summed E-state index contributed by atoms with van der Waals surface area (Å²) in [5, 5.41) is 11.0. The van der Waals surface area contributed by atoms with Crippen molar-refractivity contribution in [1.29, 1.82) is 0 Å². The summed E-state index contributed by atoms with van der Waals surface area (Å²) in [5.41, 5.74) is 3.95. The van der Waals surface area contributed by atoms with Crippen molar-refractivity contribution in [3.63, 3.8) is 0 Å². The van der Waals surface area contributed by atoms with Crippen LogP contribution in [0.5, 0.6) is 17.2 Å². The van der Waals surface area contributed by atoms with E-state index in [2.05, 4.69) is 21.8 Å². The highest BCUT2D eigenvalue weighted by atomic mass is 16.5. The smallest absolute Gasteiger partial charge is 0.261 e. The van der Waals surface area contributed by atoms with Gasteiger partial charge in [0.05, 0.1) is 33.1 Å². The summed E-state index contributed by atoms with van der Waals surface area (Å²) >= 11 is 0. The topological polar surface area (TPSA) is 86.6 Å². The van der Waals surface area contributed by atoms with Gasteiger partial charge in [0.25, 0.3) is 5.91 Å². The zero-order valence-electron chi connectivity index (χ0n) is 20.9. The Balaban J connectivity index is 1.49. The number of carbonyl (C=O) groups is 1. The summed E-state index contributed by atoms with van der Waals surface area (Å²) < 4.78 is 18.0. The molecule has 5 rings (SSSR count). The zero-order chi connectivity index (χ0) is 25.8. The average molecular weight is 497 g/mol. The highest BCUT2D eigenvalue weighted by molar-refractivity contribution is 6.08. The maximum Gasteiger partial charge on any atom is 0.261 e. The van der Waals surface area contributed by atoms with Crippen molar-refractivity contribution in [2.75, 3.05) is 31.5 Å². The van der Waals surface area contributed by atoms with E-state index in [1.54, 1.807) is 20.4 Å². The van der Waals surface area contributed by atoms with Gasteiger partial charge in [-0.2, -0.15) is 5.10 Å². The van der Waals surface area contributed by atoms with E-state index in [9.17, 15) is 4.79 Å². The molecule has 37 heavy (non-hydrogen) atoms. The average Bonchev–Trinajstić information content (AvgIpc) is 3.38. The number of methoxy groups -OCH3 is 2. The fraction of sp³-hybridized carbons (Fsp3) is 0.172. The number of fused-ring (bicyclic) bond motifs is 1. The fourth-order valence-electron chi connectivity index (χ4n) is 4.24. The first-order valence-corrected chi connectivity index (χ1v) is 12.0. The van der Waals surface area contributed by atoms with Crippen LogP contribution in [-0.2, 0) is 0 Å². The van der Waals surface area contributed by atoms with Crippen LogP contribution in [0.4, 0.5) is 11.5 Å². The molecular formula is C29H28N4O4. The first-order valence-electron chi connectivity index (χ1n) is 12.0. The standard InChI is InChI=1S/C29H28N4O4/c1-4-37-24-15-9-21(10-16-24)31-29(34)25-18-30-33-27(20-7-13-23(36-3)14-8-20)17-26(32-28(25)33)19-5-11-22(35-2)12-6-19/h5-18,27,32H,4H2,1-3H3,(H,31,34)/t27-/m0/s1. The molecule has 0 spiro atoms. The molecule has 188 valence electrons. The van der Waals surface area contributed by atoms with E-state index in [-0.39, 0.29) is 11.9 Å². The number of carbonyl (C=O) groups excluding carboxylic acids is 1. The molecule has 1 aromatic heterocycles. The molecule has 1 aliphatic heterocycles. The monoisotopic (exact) mass is 496 g/mol. The number of ether oxygens (including phenoxy) is 3. The van der Waals surface area contributed by atoms with Gasteiger partial charge in [-0.1, -0.05) is 12.1 Å². The Hall–Kier alpha value is -4.72. The Kier molecular flexibility index (Phi) is 6.81. The second-order valence-corrected chi connectivity index (χ2v) is 8.41. The first-order chi connectivity index (χ1) is 18.1.